The molecule has 0 heterocycles. The van der Waals surface area contributed by atoms with Crippen LogP contribution in [0.2, 0.25) is 5.02 Å². The average Bonchev–Trinajstić information content (AvgIpc) is 2.49. The molecule has 2 amide bonds. The van der Waals surface area contributed by atoms with Crippen molar-refractivity contribution in [2.45, 2.75) is 31.7 Å². The summed E-state index contributed by atoms with van der Waals surface area (Å²) in [5.41, 5.74) is 0.534. The van der Waals surface area contributed by atoms with Gasteiger partial charge >= 0.3 is 6.03 Å². The first kappa shape index (κ1) is 15.9. The fourth-order valence-electron chi connectivity index (χ4n) is 2.67. The molecule has 2 unspecified atom stereocenters. The van der Waals surface area contributed by atoms with E-state index in [1.807, 2.05) is 0 Å². The molecule has 0 bridgehead atoms. The lowest BCUT2D eigenvalue weighted by molar-refractivity contribution is 0.156. The average molecular weight is 313 g/mol. The summed E-state index contributed by atoms with van der Waals surface area (Å²) in [6, 6.07) is 4.80. The number of anilines is 1. The highest BCUT2D eigenvalue weighted by Crippen LogP contribution is 2.27. The summed E-state index contributed by atoms with van der Waals surface area (Å²) in [6.45, 7) is 0.105. The maximum absolute atomic E-state index is 12.1. The van der Waals surface area contributed by atoms with Crippen LogP contribution in [0.25, 0.3) is 0 Å². The van der Waals surface area contributed by atoms with Gasteiger partial charge < -0.3 is 20.5 Å². The van der Waals surface area contributed by atoms with Crippen molar-refractivity contribution in [1.82, 2.24) is 5.32 Å². The zero-order valence-electron chi connectivity index (χ0n) is 12.1. The first-order chi connectivity index (χ1) is 10.1. The van der Waals surface area contributed by atoms with Crippen LogP contribution < -0.4 is 15.4 Å². The van der Waals surface area contributed by atoms with Gasteiger partial charge in [-0.1, -0.05) is 24.4 Å². The standard InChI is InChI=1S/C15H21ClN2O3/c1-21-11-6-7-14(12(16)8-11)18-15(20)17-13-5-3-2-4-10(13)9-19/h6-8,10,13,19H,2-5,9H2,1H3,(H2,17,18,20). The number of aliphatic hydroxyl groups excluding tert-OH is 1. The highest BCUT2D eigenvalue weighted by Gasteiger charge is 2.25. The number of amides is 2. The van der Waals surface area contributed by atoms with Gasteiger partial charge in [-0.3, -0.25) is 0 Å². The van der Waals surface area contributed by atoms with Crippen LogP contribution in [-0.4, -0.2) is 30.9 Å². The number of rotatable bonds is 4. The predicted octanol–water partition coefficient (Wildman–Crippen LogP) is 3.02. The van der Waals surface area contributed by atoms with Gasteiger partial charge in [0.15, 0.2) is 0 Å². The Bertz CT molecular complexity index is 496. The zero-order valence-corrected chi connectivity index (χ0v) is 12.8. The second-order valence-corrected chi connectivity index (χ2v) is 5.69. The molecule has 2 atom stereocenters. The Morgan fingerprint density at radius 3 is 2.86 bits per heavy atom. The molecule has 1 saturated carbocycles. The number of halogens is 1. The zero-order chi connectivity index (χ0) is 15.2. The van der Waals surface area contributed by atoms with Gasteiger partial charge in [0, 0.05) is 24.6 Å². The summed E-state index contributed by atoms with van der Waals surface area (Å²) in [6.07, 6.45) is 4.03. The molecular formula is C15H21ClN2O3. The Labute approximate surface area is 129 Å². The summed E-state index contributed by atoms with van der Waals surface area (Å²) in [7, 11) is 1.56. The third-order valence-electron chi connectivity index (χ3n) is 3.88. The van der Waals surface area contributed by atoms with Gasteiger partial charge in [-0.25, -0.2) is 4.79 Å². The van der Waals surface area contributed by atoms with Crippen molar-refractivity contribution < 1.29 is 14.6 Å². The van der Waals surface area contributed by atoms with Crippen LogP contribution in [0.4, 0.5) is 10.5 Å². The lowest BCUT2D eigenvalue weighted by Gasteiger charge is -2.30. The molecule has 6 heteroatoms. The number of urea groups is 1. The lowest BCUT2D eigenvalue weighted by atomic mass is 9.85. The summed E-state index contributed by atoms with van der Waals surface area (Å²) < 4.78 is 5.06. The van der Waals surface area contributed by atoms with E-state index in [4.69, 9.17) is 16.3 Å². The van der Waals surface area contributed by atoms with Crippen molar-refractivity contribution in [3.8, 4) is 5.75 Å². The van der Waals surface area contributed by atoms with Crippen molar-refractivity contribution in [3.05, 3.63) is 23.2 Å². The summed E-state index contributed by atoms with van der Waals surface area (Å²) >= 11 is 6.09. The van der Waals surface area contributed by atoms with Gasteiger partial charge in [-0.15, -0.1) is 0 Å². The van der Waals surface area contributed by atoms with Crippen LogP contribution >= 0.6 is 11.6 Å². The topological polar surface area (TPSA) is 70.6 Å². The molecule has 0 spiro atoms. The molecule has 21 heavy (non-hydrogen) atoms. The van der Waals surface area contributed by atoms with E-state index in [0.717, 1.165) is 25.7 Å². The van der Waals surface area contributed by atoms with Crippen LogP contribution in [0.5, 0.6) is 5.75 Å². The van der Waals surface area contributed by atoms with Gasteiger partial charge in [0.05, 0.1) is 17.8 Å². The number of aliphatic hydroxyl groups is 1. The molecule has 1 fully saturated rings. The minimum atomic E-state index is -0.299. The molecule has 0 radical (unpaired) electrons. The molecule has 2 rings (SSSR count). The molecule has 1 aromatic rings. The first-order valence-electron chi connectivity index (χ1n) is 7.16. The largest absolute Gasteiger partial charge is 0.497 e. The Hall–Kier alpha value is -1.46. The maximum atomic E-state index is 12.1. The van der Waals surface area contributed by atoms with E-state index in [1.165, 1.54) is 0 Å². The quantitative estimate of drug-likeness (QED) is 0.800. The Balaban J connectivity index is 1.95. The van der Waals surface area contributed by atoms with Gasteiger partial charge in [0.1, 0.15) is 5.75 Å². The number of hydrogen-bond acceptors (Lipinski definition) is 3. The number of hydrogen-bond donors (Lipinski definition) is 3. The van der Waals surface area contributed by atoms with E-state index in [-0.39, 0.29) is 24.6 Å². The predicted molar refractivity (Wildman–Crippen MR) is 83.0 cm³/mol. The molecule has 3 N–H and O–H groups in total. The van der Waals surface area contributed by atoms with E-state index >= 15 is 0 Å². The summed E-state index contributed by atoms with van der Waals surface area (Å²) in [4.78, 5) is 12.1. The number of ether oxygens (including phenoxy) is 1. The summed E-state index contributed by atoms with van der Waals surface area (Å²) in [5.74, 6) is 0.773. The first-order valence-corrected chi connectivity index (χ1v) is 7.53. The Morgan fingerprint density at radius 2 is 2.19 bits per heavy atom. The maximum Gasteiger partial charge on any atom is 0.319 e. The second-order valence-electron chi connectivity index (χ2n) is 5.28. The summed E-state index contributed by atoms with van der Waals surface area (Å²) in [5, 5.41) is 15.4. The number of nitrogens with one attached hydrogen (secondary N) is 2. The molecule has 1 aliphatic carbocycles. The van der Waals surface area contributed by atoms with Gasteiger partial charge in [-0.2, -0.15) is 0 Å². The molecule has 0 saturated heterocycles. The Morgan fingerprint density at radius 1 is 1.43 bits per heavy atom. The minimum absolute atomic E-state index is 0.0146. The van der Waals surface area contributed by atoms with Crippen molar-refractivity contribution in [2.24, 2.45) is 5.92 Å². The Kier molecular flexibility index (Phi) is 5.70. The van der Waals surface area contributed by atoms with Crippen molar-refractivity contribution in [2.75, 3.05) is 19.0 Å². The van der Waals surface area contributed by atoms with Crippen LogP contribution in [-0.2, 0) is 0 Å². The van der Waals surface area contributed by atoms with E-state index in [2.05, 4.69) is 10.6 Å². The molecule has 5 nitrogen and oxygen atoms in total. The third-order valence-corrected chi connectivity index (χ3v) is 4.20. The molecule has 0 aliphatic heterocycles. The second kappa shape index (κ2) is 7.52. The molecule has 1 aliphatic rings. The normalized spacial score (nSPS) is 21.7. The number of carbonyl (C=O) groups excluding carboxylic acids is 1. The molecule has 116 valence electrons. The fourth-order valence-corrected chi connectivity index (χ4v) is 2.88. The van der Waals surface area contributed by atoms with Crippen LogP contribution in [0.1, 0.15) is 25.7 Å². The van der Waals surface area contributed by atoms with Gasteiger partial charge in [0.2, 0.25) is 0 Å². The van der Waals surface area contributed by atoms with Crippen LogP contribution in [0, 0.1) is 5.92 Å². The monoisotopic (exact) mass is 312 g/mol. The van der Waals surface area contributed by atoms with Gasteiger partial charge in [0.25, 0.3) is 0 Å². The van der Waals surface area contributed by atoms with E-state index in [1.54, 1.807) is 25.3 Å². The lowest BCUT2D eigenvalue weighted by Crippen LogP contribution is -2.45. The number of benzene rings is 1. The minimum Gasteiger partial charge on any atom is -0.497 e. The van der Waals surface area contributed by atoms with Crippen molar-refractivity contribution in [3.63, 3.8) is 0 Å². The smallest absolute Gasteiger partial charge is 0.319 e. The fraction of sp³-hybridized carbons (Fsp3) is 0.533. The van der Waals surface area contributed by atoms with Crippen molar-refractivity contribution in [1.29, 1.82) is 0 Å². The van der Waals surface area contributed by atoms with Crippen molar-refractivity contribution >= 4 is 23.3 Å². The molecule has 1 aromatic carbocycles. The van der Waals surface area contributed by atoms with E-state index < -0.39 is 0 Å². The van der Waals surface area contributed by atoms with E-state index in [9.17, 15) is 9.90 Å². The highest BCUT2D eigenvalue weighted by molar-refractivity contribution is 6.33. The van der Waals surface area contributed by atoms with Crippen LogP contribution in [0.3, 0.4) is 0 Å². The van der Waals surface area contributed by atoms with Crippen LogP contribution in [0.15, 0.2) is 18.2 Å². The van der Waals surface area contributed by atoms with E-state index in [0.29, 0.717) is 16.5 Å². The number of methoxy groups -OCH3 is 1. The highest BCUT2D eigenvalue weighted by atomic mass is 35.5. The molecule has 0 aromatic heterocycles. The third kappa shape index (κ3) is 4.25. The van der Waals surface area contributed by atoms with Gasteiger partial charge in [-0.05, 0) is 25.0 Å². The number of carbonyl (C=O) groups is 1. The SMILES string of the molecule is COc1ccc(NC(=O)NC2CCCCC2CO)c(Cl)c1. The molecular weight excluding hydrogens is 292 g/mol.